The van der Waals surface area contributed by atoms with Gasteiger partial charge in [-0.2, -0.15) is 0 Å². The summed E-state index contributed by atoms with van der Waals surface area (Å²) in [5.74, 6) is 0. The maximum atomic E-state index is 3.53. The molecule has 3 heteroatoms. The highest BCUT2D eigenvalue weighted by Gasteiger charge is 2.22. The molecular formula is C18H21BrN2. The SMILES string of the molecule is CCC(c1ccc(Br)cc1)N1CCNCc2ccccc21. The highest BCUT2D eigenvalue weighted by Crippen LogP contribution is 2.33. The monoisotopic (exact) mass is 344 g/mol. The standard InChI is InChI=1S/C18H21BrN2/c1-2-17(14-7-9-16(19)10-8-14)21-12-11-20-13-15-5-3-4-6-18(15)21/h3-10,17,20H,2,11-13H2,1H3. The van der Waals surface area contributed by atoms with Gasteiger partial charge in [0, 0.05) is 29.8 Å². The van der Waals surface area contributed by atoms with Crippen LogP contribution in [0.15, 0.2) is 53.0 Å². The molecule has 1 aliphatic rings. The highest BCUT2D eigenvalue weighted by atomic mass is 79.9. The average molecular weight is 345 g/mol. The van der Waals surface area contributed by atoms with Crippen molar-refractivity contribution in [2.45, 2.75) is 25.9 Å². The molecule has 0 saturated heterocycles. The first-order valence-corrected chi connectivity index (χ1v) is 8.39. The van der Waals surface area contributed by atoms with Crippen molar-refractivity contribution in [1.29, 1.82) is 0 Å². The maximum Gasteiger partial charge on any atom is 0.0540 e. The lowest BCUT2D eigenvalue weighted by atomic mass is 10.0. The molecule has 0 aliphatic carbocycles. The first-order valence-electron chi connectivity index (χ1n) is 7.60. The molecule has 110 valence electrons. The third kappa shape index (κ3) is 3.14. The Balaban J connectivity index is 1.98. The number of anilines is 1. The maximum absolute atomic E-state index is 3.53. The van der Waals surface area contributed by atoms with Gasteiger partial charge in [-0.05, 0) is 35.7 Å². The fourth-order valence-corrected chi connectivity index (χ4v) is 3.39. The van der Waals surface area contributed by atoms with Crippen LogP contribution >= 0.6 is 15.9 Å². The zero-order valence-corrected chi connectivity index (χ0v) is 13.9. The van der Waals surface area contributed by atoms with Gasteiger partial charge < -0.3 is 10.2 Å². The van der Waals surface area contributed by atoms with Crippen molar-refractivity contribution in [2.75, 3.05) is 18.0 Å². The van der Waals surface area contributed by atoms with E-state index >= 15 is 0 Å². The van der Waals surface area contributed by atoms with E-state index in [0.29, 0.717) is 6.04 Å². The Morgan fingerprint density at radius 1 is 1.14 bits per heavy atom. The third-order valence-electron chi connectivity index (χ3n) is 4.16. The van der Waals surface area contributed by atoms with Crippen molar-refractivity contribution < 1.29 is 0 Å². The summed E-state index contributed by atoms with van der Waals surface area (Å²) in [5, 5.41) is 3.52. The zero-order chi connectivity index (χ0) is 14.7. The number of nitrogens with zero attached hydrogens (tertiary/aromatic N) is 1. The van der Waals surface area contributed by atoms with Crippen LogP contribution in [0, 0.1) is 0 Å². The van der Waals surface area contributed by atoms with Crippen LogP contribution < -0.4 is 10.2 Å². The molecule has 2 aromatic rings. The third-order valence-corrected chi connectivity index (χ3v) is 4.69. The summed E-state index contributed by atoms with van der Waals surface area (Å²) in [6.45, 7) is 5.31. The summed E-state index contributed by atoms with van der Waals surface area (Å²) in [4.78, 5) is 2.55. The van der Waals surface area contributed by atoms with Crippen LogP contribution in [0.1, 0.15) is 30.5 Å². The molecule has 0 radical (unpaired) electrons. The van der Waals surface area contributed by atoms with Crippen LogP contribution in [0.4, 0.5) is 5.69 Å². The van der Waals surface area contributed by atoms with Crippen LogP contribution in [0.25, 0.3) is 0 Å². The summed E-state index contributed by atoms with van der Waals surface area (Å²) in [6.07, 6.45) is 1.11. The molecule has 2 nitrogen and oxygen atoms in total. The smallest absolute Gasteiger partial charge is 0.0540 e. The fraction of sp³-hybridized carbons (Fsp3) is 0.333. The van der Waals surface area contributed by atoms with Gasteiger partial charge in [-0.3, -0.25) is 0 Å². The number of hydrogen-bond donors (Lipinski definition) is 1. The number of rotatable bonds is 3. The molecule has 3 rings (SSSR count). The Hall–Kier alpha value is -1.32. The molecule has 0 fully saturated rings. The quantitative estimate of drug-likeness (QED) is 0.881. The molecule has 1 unspecified atom stereocenters. The molecular weight excluding hydrogens is 324 g/mol. The second-order valence-electron chi connectivity index (χ2n) is 5.47. The second-order valence-corrected chi connectivity index (χ2v) is 6.39. The molecule has 0 spiro atoms. The van der Waals surface area contributed by atoms with E-state index in [1.807, 2.05) is 0 Å². The van der Waals surface area contributed by atoms with E-state index in [2.05, 4.69) is 81.6 Å². The van der Waals surface area contributed by atoms with Gasteiger partial charge in [0.15, 0.2) is 0 Å². The lowest BCUT2D eigenvalue weighted by Gasteiger charge is -2.33. The van der Waals surface area contributed by atoms with Crippen LogP contribution in [-0.4, -0.2) is 13.1 Å². The normalized spacial score (nSPS) is 16.2. The molecule has 21 heavy (non-hydrogen) atoms. The predicted molar refractivity (Wildman–Crippen MR) is 92.7 cm³/mol. The van der Waals surface area contributed by atoms with Crippen molar-refractivity contribution in [1.82, 2.24) is 5.32 Å². The number of nitrogens with one attached hydrogen (secondary N) is 1. The van der Waals surface area contributed by atoms with E-state index in [1.165, 1.54) is 16.8 Å². The topological polar surface area (TPSA) is 15.3 Å². The van der Waals surface area contributed by atoms with Gasteiger partial charge in [-0.1, -0.05) is 53.2 Å². The highest BCUT2D eigenvalue weighted by molar-refractivity contribution is 9.10. The van der Waals surface area contributed by atoms with Crippen LogP contribution in [0.3, 0.4) is 0 Å². The summed E-state index contributed by atoms with van der Waals surface area (Å²) in [5.41, 5.74) is 4.15. The van der Waals surface area contributed by atoms with Crippen molar-refractivity contribution >= 4 is 21.6 Å². The van der Waals surface area contributed by atoms with E-state index in [1.54, 1.807) is 0 Å². The molecule has 0 bridgehead atoms. The first kappa shape index (κ1) is 14.6. The minimum absolute atomic E-state index is 0.430. The Bertz CT molecular complexity index is 594. The average Bonchev–Trinajstić information content (AvgIpc) is 2.73. The van der Waals surface area contributed by atoms with Crippen LogP contribution in [0.5, 0.6) is 0 Å². The summed E-state index contributed by atoms with van der Waals surface area (Å²) in [6, 6.07) is 17.9. The zero-order valence-electron chi connectivity index (χ0n) is 12.3. The van der Waals surface area contributed by atoms with Gasteiger partial charge >= 0.3 is 0 Å². The molecule has 2 aromatic carbocycles. The van der Waals surface area contributed by atoms with Gasteiger partial charge in [0.2, 0.25) is 0 Å². The number of hydrogen-bond acceptors (Lipinski definition) is 2. The Kier molecular flexibility index (Phi) is 4.61. The van der Waals surface area contributed by atoms with Gasteiger partial charge in [0.25, 0.3) is 0 Å². The van der Waals surface area contributed by atoms with E-state index < -0.39 is 0 Å². The molecule has 1 atom stereocenters. The Morgan fingerprint density at radius 2 is 1.90 bits per heavy atom. The lowest BCUT2D eigenvalue weighted by molar-refractivity contribution is 0.590. The van der Waals surface area contributed by atoms with E-state index in [9.17, 15) is 0 Å². The number of halogens is 1. The molecule has 0 saturated carbocycles. The summed E-state index contributed by atoms with van der Waals surface area (Å²) >= 11 is 3.53. The minimum atomic E-state index is 0.430. The summed E-state index contributed by atoms with van der Waals surface area (Å²) in [7, 11) is 0. The number of fused-ring (bicyclic) bond motifs is 1. The van der Waals surface area contributed by atoms with Gasteiger partial charge in [-0.25, -0.2) is 0 Å². The fourth-order valence-electron chi connectivity index (χ4n) is 3.13. The first-order chi connectivity index (χ1) is 10.3. The Morgan fingerprint density at radius 3 is 2.67 bits per heavy atom. The molecule has 0 amide bonds. The molecule has 1 N–H and O–H groups in total. The summed E-state index contributed by atoms with van der Waals surface area (Å²) < 4.78 is 1.14. The molecule has 1 aliphatic heterocycles. The van der Waals surface area contributed by atoms with Crippen molar-refractivity contribution in [2.24, 2.45) is 0 Å². The van der Waals surface area contributed by atoms with Crippen LogP contribution in [-0.2, 0) is 6.54 Å². The van der Waals surface area contributed by atoms with Crippen molar-refractivity contribution in [3.8, 4) is 0 Å². The largest absolute Gasteiger partial charge is 0.363 e. The van der Waals surface area contributed by atoms with E-state index in [0.717, 1.165) is 30.5 Å². The van der Waals surface area contributed by atoms with Gasteiger partial charge in [0.05, 0.1) is 6.04 Å². The second kappa shape index (κ2) is 6.63. The van der Waals surface area contributed by atoms with E-state index in [-0.39, 0.29) is 0 Å². The number of para-hydroxylation sites is 1. The molecule has 0 aromatic heterocycles. The van der Waals surface area contributed by atoms with Crippen LogP contribution in [0.2, 0.25) is 0 Å². The van der Waals surface area contributed by atoms with Gasteiger partial charge in [0.1, 0.15) is 0 Å². The number of benzene rings is 2. The van der Waals surface area contributed by atoms with Crippen molar-refractivity contribution in [3.63, 3.8) is 0 Å². The van der Waals surface area contributed by atoms with Crippen molar-refractivity contribution in [3.05, 3.63) is 64.1 Å². The Labute approximate surface area is 135 Å². The molecule has 1 heterocycles. The van der Waals surface area contributed by atoms with Gasteiger partial charge in [-0.15, -0.1) is 0 Å². The van der Waals surface area contributed by atoms with E-state index in [4.69, 9.17) is 0 Å². The minimum Gasteiger partial charge on any atom is -0.363 e. The predicted octanol–water partition coefficient (Wildman–Crippen LogP) is 4.51. The lowest BCUT2D eigenvalue weighted by Crippen LogP contribution is -2.32.